The van der Waals surface area contributed by atoms with Crippen molar-refractivity contribution in [2.75, 3.05) is 13.1 Å². The summed E-state index contributed by atoms with van der Waals surface area (Å²) in [7, 11) is 0. The Labute approximate surface area is 123 Å². The number of likely N-dealkylation sites (tertiary alicyclic amines) is 1. The SMILES string of the molecule is Cc1ccc2nnc(C3CCN(C4CCC4O)CC3)n2n1. The Balaban J connectivity index is 1.51. The lowest BCUT2D eigenvalue weighted by Crippen LogP contribution is -2.52. The molecule has 0 amide bonds. The molecule has 1 aliphatic carbocycles. The molecule has 0 radical (unpaired) electrons. The average Bonchev–Trinajstić information content (AvgIpc) is 2.89. The molecule has 2 aromatic heterocycles. The van der Waals surface area contributed by atoms with Crippen LogP contribution in [0.25, 0.3) is 5.65 Å². The number of hydrogen-bond acceptors (Lipinski definition) is 5. The molecule has 1 N–H and O–H groups in total. The molecule has 2 atom stereocenters. The van der Waals surface area contributed by atoms with Crippen molar-refractivity contribution >= 4 is 5.65 Å². The van der Waals surface area contributed by atoms with Crippen molar-refractivity contribution in [3.63, 3.8) is 0 Å². The van der Waals surface area contributed by atoms with Crippen molar-refractivity contribution in [1.82, 2.24) is 24.7 Å². The van der Waals surface area contributed by atoms with Crippen molar-refractivity contribution in [2.45, 2.75) is 50.7 Å². The molecular formula is C15H21N5O. The van der Waals surface area contributed by atoms with Crippen LogP contribution in [0.2, 0.25) is 0 Å². The summed E-state index contributed by atoms with van der Waals surface area (Å²) in [6.45, 7) is 4.06. The second kappa shape index (κ2) is 5.03. The van der Waals surface area contributed by atoms with Crippen LogP contribution in [-0.2, 0) is 0 Å². The van der Waals surface area contributed by atoms with E-state index in [-0.39, 0.29) is 6.10 Å². The number of hydrogen-bond donors (Lipinski definition) is 1. The molecule has 2 aromatic rings. The highest BCUT2D eigenvalue weighted by Crippen LogP contribution is 2.32. The summed E-state index contributed by atoms with van der Waals surface area (Å²) < 4.78 is 1.90. The minimum Gasteiger partial charge on any atom is -0.391 e. The molecule has 4 rings (SSSR count). The summed E-state index contributed by atoms with van der Waals surface area (Å²) in [4.78, 5) is 2.44. The number of aliphatic hydroxyl groups is 1. The standard InChI is InChI=1S/C15H21N5O/c1-10-2-5-14-16-17-15(20(14)18-10)11-6-8-19(9-7-11)12-3-4-13(12)21/h2,5,11-13,21H,3-4,6-9H2,1H3. The van der Waals surface area contributed by atoms with Gasteiger partial charge in [-0.3, -0.25) is 4.90 Å². The number of nitrogens with zero attached hydrogens (tertiary/aromatic N) is 5. The summed E-state index contributed by atoms with van der Waals surface area (Å²) in [5.74, 6) is 1.41. The van der Waals surface area contributed by atoms with Gasteiger partial charge in [0.1, 0.15) is 0 Å². The highest BCUT2D eigenvalue weighted by molar-refractivity contribution is 5.36. The van der Waals surface area contributed by atoms with Crippen molar-refractivity contribution in [3.05, 3.63) is 23.7 Å². The molecule has 6 heteroatoms. The fraction of sp³-hybridized carbons (Fsp3) is 0.667. The molecule has 2 unspecified atom stereocenters. The van der Waals surface area contributed by atoms with Crippen LogP contribution in [0.5, 0.6) is 0 Å². The van der Waals surface area contributed by atoms with Gasteiger partial charge in [-0.05, 0) is 57.8 Å². The second-order valence-corrected chi connectivity index (χ2v) is 6.33. The highest BCUT2D eigenvalue weighted by Gasteiger charge is 2.36. The number of rotatable bonds is 2. The fourth-order valence-corrected chi connectivity index (χ4v) is 3.53. The third-order valence-electron chi connectivity index (χ3n) is 4.99. The topological polar surface area (TPSA) is 66.5 Å². The number of aryl methyl sites for hydroxylation is 1. The normalized spacial score (nSPS) is 27.9. The molecule has 112 valence electrons. The predicted octanol–water partition coefficient (Wildman–Crippen LogP) is 1.14. The van der Waals surface area contributed by atoms with Crippen LogP contribution in [0.3, 0.4) is 0 Å². The van der Waals surface area contributed by atoms with Gasteiger partial charge in [-0.1, -0.05) is 0 Å². The van der Waals surface area contributed by atoms with Gasteiger partial charge in [-0.15, -0.1) is 10.2 Å². The number of fused-ring (bicyclic) bond motifs is 1. The molecule has 3 heterocycles. The third kappa shape index (κ3) is 2.22. The van der Waals surface area contributed by atoms with Gasteiger partial charge >= 0.3 is 0 Å². The first-order valence-electron chi connectivity index (χ1n) is 7.83. The number of piperidine rings is 1. The van der Waals surface area contributed by atoms with Gasteiger partial charge < -0.3 is 5.11 Å². The van der Waals surface area contributed by atoms with Gasteiger partial charge in [-0.25, -0.2) is 0 Å². The van der Waals surface area contributed by atoms with Crippen LogP contribution < -0.4 is 0 Å². The average molecular weight is 287 g/mol. The van der Waals surface area contributed by atoms with Crippen molar-refractivity contribution in [3.8, 4) is 0 Å². The maximum absolute atomic E-state index is 9.80. The minimum atomic E-state index is -0.111. The van der Waals surface area contributed by atoms with Gasteiger partial charge in [0.25, 0.3) is 0 Å². The zero-order valence-corrected chi connectivity index (χ0v) is 12.3. The summed E-state index contributed by atoms with van der Waals surface area (Å²) in [6, 6.07) is 4.33. The number of aromatic nitrogens is 4. The highest BCUT2D eigenvalue weighted by atomic mass is 16.3. The minimum absolute atomic E-state index is 0.111. The Morgan fingerprint density at radius 3 is 2.57 bits per heavy atom. The fourth-order valence-electron chi connectivity index (χ4n) is 3.53. The van der Waals surface area contributed by atoms with E-state index in [0.717, 1.165) is 55.9 Å². The van der Waals surface area contributed by atoms with Gasteiger partial charge in [0.15, 0.2) is 11.5 Å². The molecule has 2 fully saturated rings. The Morgan fingerprint density at radius 2 is 1.90 bits per heavy atom. The van der Waals surface area contributed by atoms with Crippen LogP contribution in [-0.4, -0.2) is 55.1 Å². The van der Waals surface area contributed by atoms with E-state index < -0.39 is 0 Å². The van der Waals surface area contributed by atoms with Gasteiger partial charge in [0, 0.05) is 12.0 Å². The van der Waals surface area contributed by atoms with E-state index in [1.807, 2.05) is 23.6 Å². The second-order valence-electron chi connectivity index (χ2n) is 6.33. The monoisotopic (exact) mass is 287 g/mol. The Hall–Kier alpha value is -1.53. The van der Waals surface area contributed by atoms with E-state index in [9.17, 15) is 5.11 Å². The van der Waals surface area contributed by atoms with Gasteiger partial charge in [0.2, 0.25) is 0 Å². The first-order chi connectivity index (χ1) is 10.2. The molecular weight excluding hydrogens is 266 g/mol. The molecule has 6 nitrogen and oxygen atoms in total. The lowest BCUT2D eigenvalue weighted by Gasteiger charge is -2.44. The predicted molar refractivity (Wildman–Crippen MR) is 78.1 cm³/mol. The molecule has 0 bridgehead atoms. The van der Waals surface area contributed by atoms with E-state index in [1.54, 1.807) is 0 Å². The smallest absolute Gasteiger partial charge is 0.177 e. The van der Waals surface area contributed by atoms with Gasteiger partial charge in [0.05, 0.1) is 11.8 Å². The molecule has 2 aliphatic rings. The molecule has 1 saturated heterocycles. The van der Waals surface area contributed by atoms with Crippen molar-refractivity contribution < 1.29 is 5.11 Å². The van der Waals surface area contributed by atoms with Gasteiger partial charge in [-0.2, -0.15) is 9.61 Å². The Morgan fingerprint density at radius 1 is 1.10 bits per heavy atom. The summed E-state index contributed by atoms with van der Waals surface area (Å²) >= 11 is 0. The third-order valence-corrected chi connectivity index (χ3v) is 4.99. The molecule has 1 saturated carbocycles. The van der Waals surface area contributed by atoms with Crippen molar-refractivity contribution in [1.29, 1.82) is 0 Å². The van der Waals surface area contributed by atoms with E-state index in [2.05, 4.69) is 20.2 Å². The zero-order chi connectivity index (χ0) is 14.4. The zero-order valence-electron chi connectivity index (χ0n) is 12.3. The first kappa shape index (κ1) is 13.2. The van der Waals surface area contributed by atoms with Crippen molar-refractivity contribution in [2.24, 2.45) is 0 Å². The van der Waals surface area contributed by atoms with E-state index >= 15 is 0 Å². The Kier molecular flexibility index (Phi) is 3.15. The first-order valence-corrected chi connectivity index (χ1v) is 7.83. The maximum Gasteiger partial charge on any atom is 0.177 e. The van der Waals surface area contributed by atoms with E-state index in [0.29, 0.717) is 12.0 Å². The summed E-state index contributed by atoms with van der Waals surface area (Å²) in [5, 5.41) is 22.9. The summed E-state index contributed by atoms with van der Waals surface area (Å²) in [6.07, 6.45) is 4.13. The Bertz CT molecular complexity index is 647. The molecule has 1 aliphatic heterocycles. The van der Waals surface area contributed by atoms with Crippen LogP contribution in [0.4, 0.5) is 0 Å². The van der Waals surface area contributed by atoms with Crippen LogP contribution in [0.15, 0.2) is 12.1 Å². The lowest BCUT2D eigenvalue weighted by molar-refractivity contribution is -0.0304. The quantitative estimate of drug-likeness (QED) is 0.897. The summed E-state index contributed by atoms with van der Waals surface area (Å²) in [5.41, 5.74) is 1.81. The van der Waals surface area contributed by atoms with E-state index in [1.165, 1.54) is 0 Å². The lowest BCUT2D eigenvalue weighted by atomic mass is 9.85. The van der Waals surface area contributed by atoms with Crippen LogP contribution in [0.1, 0.15) is 43.1 Å². The molecule has 21 heavy (non-hydrogen) atoms. The van der Waals surface area contributed by atoms with E-state index in [4.69, 9.17) is 0 Å². The molecule has 0 aromatic carbocycles. The maximum atomic E-state index is 9.80. The number of aliphatic hydroxyl groups excluding tert-OH is 1. The van der Waals surface area contributed by atoms with Crippen LogP contribution >= 0.6 is 0 Å². The van der Waals surface area contributed by atoms with Crippen LogP contribution in [0, 0.1) is 6.92 Å². The molecule has 0 spiro atoms. The largest absolute Gasteiger partial charge is 0.391 e.